The predicted molar refractivity (Wildman–Crippen MR) is 114 cm³/mol. The lowest BCUT2D eigenvalue weighted by molar-refractivity contribution is -0.133. The molecule has 6 heteroatoms. The van der Waals surface area contributed by atoms with Gasteiger partial charge in [0.15, 0.2) is 5.82 Å². The topological polar surface area (TPSA) is 49.3 Å². The first-order valence-corrected chi connectivity index (χ1v) is 9.90. The molecule has 144 valence electrons. The third-order valence-electron chi connectivity index (χ3n) is 5.28. The maximum atomic E-state index is 12.3. The lowest BCUT2D eigenvalue weighted by atomic mass is 9.95. The highest BCUT2D eigenvalue weighted by Crippen LogP contribution is 2.32. The van der Waals surface area contributed by atoms with Crippen molar-refractivity contribution in [2.24, 2.45) is 5.92 Å². The Labute approximate surface area is 170 Å². The lowest BCUT2D eigenvalue weighted by Crippen LogP contribution is -2.40. The Morgan fingerprint density at radius 3 is 2.43 bits per heavy atom. The van der Waals surface area contributed by atoms with E-state index in [0.29, 0.717) is 10.8 Å². The zero-order valence-corrected chi connectivity index (χ0v) is 16.9. The average molecular weight is 395 g/mol. The maximum absolute atomic E-state index is 12.3. The van der Waals surface area contributed by atoms with Gasteiger partial charge in [0.2, 0.25) is 5.91 Å². The number of piperidine rings is 1. The summed E-state index contributed by atoms with van der Waals surface area (Å²) in [4.78, 5) is 25.9. The number of halogens is 1. The highest BCUT2D eigenvalue weighted by molar-refractivity contribution is 6.33. The van der Waals surface area contributed by atoms with Crippen molar-refractivity contribution in [2.45, 2.75) is 12.8 Å². The number of carbonyl (C=O) groups is 1. The molecule has 0 saturated carbocycles. The van der Waals surface area contributed by atoms with Crippen LogP contribution in [-0.4, -0.2) is 48.0 Å². The van der Waals surface area contributed by atoms with Gasteiger partial charge < -0.3 is 9.80 Å². The summed E-state index contributed by atoms with van der Waals surface area (Å²) in [6.07, 6.45) is 1.66. The van der Waals surface area contributed by atoms with Crippen molar-refractivity contribution in [3.63, 3.8) is 0 Å². The molecule has 1 aliphatic heterocycles. The molecule has 0 atom stereocenters. The second-order valence-corrected chi connectivity index (χ2v) is 7.77. The van der Waals surface area contributed by atoms with Gasteiger partial charge in [0, 0.05) is 44.1 Å². The molecule has 1 fully saturated rings. The number of fused-ring (bicyclic) bond motifs is 1. The summed E-state index contributed by atoms with van der Waals surface area (Å²) >= 11 is 6.40. The van der Waals surface area contributed by atoms with Crippen LogP contribution in [0.2, 0.25) is 5.02 Å². The van der Waals surface area contributed by atoms with Gasteiger partial charge in [-0.15, -0.1) is 0 Å². The second kappa shape index (κ2) is 7.76. The van der Waals surface area contributed by atoms with Crippen LogP contribution in [0.3, 0.4) is 0 Å². The first kappa shape index (κ1) is 18.7. The number of para-hydroxylation sites is 1. The smallest absolute Gasteiger partial charge is 0.225 e. The van der Waals surface area contributed by atoms with Crippen molar-refractivity contribution in [3.05, 3.63) is 53.6 Å². The minimum Gasteiger partial charge on any atom is -0.356 e. The van der Waals surface area contributed by atoms with E-state index in [4.69, 9.17) is 21.6 Å². The zero-order valence-electron chi connectivity index (χ0n) is 16.1. The fourth-order valence-corrected chi connectivity index (χ4v) is 3.99. The van der Waals surface area contributed by atoms with Crippen LogP contribution in [0.1, 0.15) is 12.8 Å². The van der Waals surface area contributed by atoms with E-state index in [0.717, 1.165) is 48.2 Å². The number of amides is 1. The predicted octanol–water partition coefficient (Wildman–Crippen LogP) is 4.25. The summed E-state index contributed by atoms with van der Waals surface area (Å²) in [6, 6.07) is 15.7. The number of rotatable bonds is 3. The minimum atomic E-state index is 0.0855. The van der Waals surface area contributed by atoms with E-state index in [-0.39, 0.29) is 11.8 Å². The molecule has 3 aromatic rings. The summed E-state index contributed by atoms with van der Waals surface area (Å²) in [5.74, 6) is 1.84. The van der Waals surface area contributed by atoms with Crippen LogP contribution in [-0.2, 0) is 4.79 Å². The lowest BCUT2D eigenvalue weighted by Gasteiger charge is -2.33. The molecule has 5 nitrogen and oxygen atoms in total. The van der Waals surface area contributed by atoms with E-state index in [2.05, 4.69) is 11.0 Å². The molecule has 0 aliphatic carbocycles. The van der Waals surface area contributed by atoms with Gasteiger partial charge in [0.25, 0.3) is 0 Å². The fourth-order valence-electron chi connectivity index (χ4n) is 3.77. The number of hydrogen-bond acceptors (Lipinski definition) is 4. The van der Waals surface area contributed by atoms with Gasteiger partial charge in [-0.25, -0.2) is 9.97 Å². The fraction of sp³-hybridized carbons (Fsp3) is 0.318. The number of carbonyl (C=O) groups excluding carboxylic acids is 1. The van der Waals surface area contributed by atoms with Gasteiger partial charge in [0.1, 0.15) is 5.82 Å². The van der Waals surface area contributed by atoms with Gasteiger partial charge in [-0.05, 0) is 37.1 Å². The normalized spacial score (nSPS) is 15.0. The molecule has 28 heavy (non-hydrogen) atoms. The molecule has 1 aromatic heterocycles. The van der Waals surface area contributed by atoms with Gasteiger partial charge in [0.05, 0.1) is 10.5 Å². The largest absolute Gasteiger partial charge is 0.356 e. The third kappa shape index (κ3) is 3.54. The van der Waals surface area contributed by atoms with Crippen molar-refractivity contribution in [2.75, 3.05) is 32.1 Å². The summed E-state index contributed by atoms with van der Waals surface area (Å²) in [7, 11) is 3.64. The summed E-state index contributed by atoms with van der Waals surface area (Å²) < 4.78 is 0. The van der Waals surface area contributed by atoms with Gasteiger partial charge >= 0.3 is 0 Å². The van der Waals surface area contributed by atoms with Crippen LogP contribution in [0.4, 0.5) is 5.82 Å². The molecule has 1 saturated heterocycles. The number of nitrogens with zero attached hydrogens (tertiary/aromatic N) is 4. The monoisotopic (exact) mass is 394 g/mol. The van der Waals surface area contributed by atoms with Crippen molar-refractivity contribution in [3.8, 4) is 11.4 Å². The van der Waals surface area contributed by atoms with Crippen molar-refractivity contribution in [1.82, 2.24) is 14.9 Å². The van der Waals surface area contributed by atoms with Crippen LogP contribution in [0.25, 0.3) is 22.3 Å². The molecule has 0 unspecified atom stereocenters. The number of aromatic nitrogens is 2. The molecule has 0 radical (unpaired) electrons. The molecule has 2 aromatic carbocycles. The Balaban J connectivity index is 1.71. The minimum absolute atomic E-state index is 0.0855. The molecule has 0 spiro atoms. The Morgan fingerprint density at radius 2 is 1.71 bits per heavy atom. The van der Waals surface area contributed by atoms with Crippen LogP contribution in [0, 0.1) is 5.92 Å². The molecule has 0 bridgehead atoms. The quantitative estimate of drug-likeness (QED) is 0.666. The molecule has 0 N–H and O–H groups in total. The highest BCUT2D eigenvalue weighted by atomic mass is 35.5. The number of benzene rings is 2. The first-order chi connectivity index (χ1) is 13.5. The Bertz CT molecular complexity index is 1010. The Kier molecular flexibility index (Phi) is 5.18. The van der Waals surface area contributed by atoms with Crippen LogP contribution < -0.4 is 4.90 Å². The Morgan fingerprint density at radius 1 is 1.04 bits per heavy atom. The van der Waals surface area contributed by atoms with Gasteiger partial charge in [-0.3, -0.25) is 4.79 Å². The van der Waals surface area contributed by atoms with E-state index in [1.54, 1.807) is 4.90 Å². The van der Waals surface area contributed by atoms with Crippen LogP contribution in [0.15, 0.2) is 48.5 Å². The number of anilines is 1. The van der Waals surface area contributed by atoms with E-state index in [1.807, 2.05) is 56.6 Å². The van der Waals surface area contributed by atoms with E-state index < -0.39 is 0 Å². The second-order valence-electron chi connectivity index (χ2n) is 7.36. The Hall–Kier alpha value is -2.66. The highest BCUT2D eigenvalue weighted by Gasteiger charge is 2.27. The SMILES string of the molecule is CN(C)C(=O)C1CCN(c2nc(-c3ccccc3Cl)nc3ccccc23)CC1. The standard InChI is InChI=1S/C22H23ClN4O/c1-26(2)22(28)15-11-13-27(14-12-15)21-17-8-4-6-10-19(17)24-20(25-21)16-7-3-5-9-18(16)23/h3-10,15H,11-14H2,1-2H3. The van der Waals surface area contributed by atoms with E-state index in [9.17, 15) is 4.79 Å². The van der Waals surface area contributed by atoms with Gasteiger partial charge in [-0.2, -0.15) is 0 Å². The number of hydrogen-bond donors (Lipinski definition) is 0. The van der Waals surface area contributed by atoms with Crippen molar-refractivity contribution < 1.29 is 4.79 Å². The molecular weight excluding hydrogens is 372 g/mol. The molecular formula is C22H23ClN4O. The van der Waals surface area contributed by atoms with Crippen LogP contribution in [0.5, 0.6) is 0 Å². The van der Waals surface area contributed by atoms with E-state index in [1.165, 1.54) is 0 Å². The summed E-state index contributed by atoms with van der Waals surface area (Å²) in [5, 5.41) is 1.66. The summed E-state index contributed by atoms with van der Waals surface area (Å²) in [6.45, 7) is 1.60. The maximum Gasteiger partial charge on any atom is 0.225 e. The average Bonchev–Trinajstić information content (AvgIpc) is 2.73. The molecule has 1 aliphatic rings. The molecule has 2 heterocycles. The van der Waals surface area contributed by atoms with Crippen molar-refractivity contribution in [1.29, 1.82) is 0 Å². The van der Waals surface area contributed by atoms with Crippen molar-refractivity contribution >= 4 is 34.2 Å². The third-order valence-corrected chi connectivity index (χ3v) is 5.61. The first-order valence-electron chi connectivity index (χ1n) is 9.52. The van der Waals surface area contributed by atoms with Gasteiger partial charge in [-0.1, -0.05) is 35.9 Å². The van der Waals surface area contributed by atoms with E-state index >= 15 is 0 Å². The van der Waals surface area contributed by atoms with Crippen LogP contribution >= 0.6 is 11.6 Å². The molecule has 1 amide bonds. The molecule has 4 rings (SSSR count). The zero-order chi connectivity index (χ0) is 19.7. The summed E-state index contributed by atoms with van der Waals surface area (Å²) in [5.41, 5.74) is 1.72.